The van der Waals surface area contributed by atoms with E-state index in [1.165, 1.54) is 6.07 Å². The Morgan fingerprint density at radius 1 is 1.21 bits per heavy atom. The molecule has 0 bridgehead atoms. The second-order valence-electron chi connectivity index (χ2n) is 3.71. The summed E-state index contributed by atoms with van der Waals surface area (Å²) in [5, 5.41) is 9.76. The monoisotopic (exact) mass is 297 g/mol. The summed E-state index contributed by atoms with van der Waals surface area (Å²) < 4.78 is 5.46. The fourth-order valence-electron chi connectivity index (χ4n) is 1.45. The molecular formula is C13H9Cl2NO3. The van der Waals surface area contributed by atoms with Gasteiger partial charge in [0.1, 0.15) is 18.1 Å². The first kappa shape index (κ1) is 13.6. The highest BCUT2D eigenvalue weighted by atomic mass is 35.5. The summed E-state index contributed by atoms with van der Waals surface area (Å²) in [6, 6.07) is 9.54. The first-order chi connectivity index (χ1) is 9.04. The molecule has 4 nitrogen and oxygen atoms in total. The molecule has 0 radical (unpaired) electrons. The number of rotatable bonds is 4. The molecule has 1 heterocycles. The van der Waals surface area contributed by atoms with Crippen LogP contribution in [0.25, 0.3) is 0 Å². The molecule has 1 aromatic heterocycles. The maximum atomic E-state index is 10.8. The summed E-state index contributed by atoms with van der Waals surface area (Å²) in [5.41, 5.74) is 0.487. The number of carbonyl (C=O) groups is 1. The van der Waals surface area contributed by atoms with Gasteiger partial charge in [0, 0.05) is 10.0 Å². The van der Waals surface area contributed by atoms with E-state index in [0.717, 1.165) is 0 Å². The van der Waals surface area contributed by atoms with Gasteiger partial charge in [-0.2, -0.15) is 0 Å². The van der Waals surface area contributed by atoms with Crippen molar-refractivity contribution >= 4 is 29.2 Å². The minimum atomic E-state index is -1.08. The van der Waals surface area contributed by atoms with Crippen LogP contribution in [0.15, 0.2) is 36.4 Å². The van der Waals surface area contributed by atoms with Crippen molar-refractivity contribution in [3.8, 4) is 5.75 Å². The highest BCUT2D eigenvalue weighted by Crippen LogP contribution is 2.24. The molecule has 0 atom stereocenters. The van der Waals surface area contributed by atoms with Gasteiger partial charge in [-0.3, -0.25) is 0 Å². The van der Waals surface area contributed by atoms with Gasteiger partial charge in [0.05, 0.1) is 5.69 Å². The van der Waals surface area contributed by atoms with E-state index in [1.807, 2.05) is 0 Å². The summed E-state index contributed by atoms with van der Waals surface area (Å²) in [7, 11) is 0. The van der Waals surface area contributed by atoms with Crippen LogP contribution < -0.4 is 4.74 Å². The van der Waals surface area contributed by atoms with Crippen LogP contribution in [0, 0.1) is 0 Å². The quantitative estimate of drug-likeness (QED) is 0.935. The Hall–Kier alpha value is -1.78. The largest absolute Gasteiger partial charge is 0.487 e. The molecule has 0 amide bonds. The fourth-order valence-corrected chi connectivity index (χ4v) is 1.95. The van der Waals surface area contributed by atoms with Gasteiger partial charge in [0.25, 0.3) is 0 Å². The summed E-state index contributed by atoms with van der Waals surface area (Å²) in [5.74, 6) is -0.576. The van der Waals surface area contributed by atoms with E-state index < -0.39 is 5.97 Å². The number of aromatic carboxylic acids is 1. The molecular weight excluding hydrogens is 289 g/mol. The number of ether oxygens (including phenoxy) is 1. The van der Waals surface area contributed by atoms with Crippen molar-refractivity contribution in [2.45, 2.75) is 6.61 Å². The molecule has 0 saturated heterocycles. The molecule has 0 unspecified atom stereocenters. The number of aromatic nitrogens is 1. The summed E-state index contributed by atoms with van der Waals surface area (Å²) >= 11 is 11.7. The minimum absolute atomic E-state index is 0.0229. The molecule has 0 aliphatic carbocycles. The van der Waals surface area contributed by atoms with Gasteiger partial charge < -0.3 is 9.84 Å². The molecule has 6 heteroatoms. The highest BCUT2D eigenvalue weighted by Gasteiger charge is 2.06. The highest BCUT2D eigenvalue weighted by molar-refractivity contribution is 6.34. The van der Waals surface area contributed by atoms with Crippen molar-refractivity contribution in [2.75, 3.05) is 0 Å². The van der Waals surface area contributed by atoms with Crippen LogP contribution >= 0.6 is 23.2 Å². The van der Waals surface area contributed by atoms with E-state index in [1.54, 1.807) is 30.3 Å². The molecule has 19 heavy (non-hydrogen) atoms. The Labute approximate surface area is 119 Å². The zero-order valence-corrected chi connectivity index (χ0v) is 11.1. The van der Waals surface area contributed by atoms with Gasteiger partial charge in [-0.15, -0.1) is 0 Å². The lowest BCUT2D eigenvalue weighted by Gasteiger charge is -2.07. The van der Waals surface area contributed by atoms with E-state index in [-0.39, 0.29) is 12.3 Å². The molecule has 98 valence electrons. The Kier molecular flexibility index (Phi) is 4.24. The second-order valence-corrected chi connectivity index (χ2v) is 4.59. The van der Waals surface area contributed by atoms with Crippen molar-refractivity contribution in [3.05, 3.63) is 57.8 Å². The number of benzene rings is 1. The van der Waals surface area contributed by atoms with Crippen LogP contribution in [0.2, 0.25) is 10.0 Å². The standard InChI is InChI=1S/C13H9Cl2NO3/c14-8-4-9(15)6-11(5-8)19-7-10-2-1-3-12(16-10)13(17)18/h1-6H,7H2,(H,17,18). The molecule has 2 rings (SSSR count). The smallest absolute Gasteiger partial charge is 0.354 e. The maximum Gasteiger partial charge on any atom is 0.354 e. The van der Waals surface area contributed by atoms with E-state index in [0.29, 0.717) is 21.5 Å². The van der Waals surface area contributed by atoms with Crippen LogP contribution in [-0.4, -0.2) is 16.1 Å². The SMILES string of the molecule is O=C(O)c1cccc(COc2cc(Cl)cc(Cl)c2)n1. The average molecular weight is 298 g/mol. The topological polar surface area (TPSA) is 59.4 Å². The van der Waals surface area contributed by atoms with Crippen LogP contribution in [0.4, 0.5) is 0 Å². The fraction of sp³-hybridized carbons (Fsp3) is 0.0769. The third kappa shape index (κ3) is 3.84. The number of halogens is 2. The Balaban J connectivity index is 2.10. The number of nitrogens with zero attached hydrogens (tertiary/aromatic N) is 1. The van der Waals surface area contributed by atoms with Gasteiger partial charge in [-0.25, -0.2) is 9.78 Å². The molecule has 0 aliphatic heterocycles. The second kappa shape index (κ2) is 5.91. The van der Waals surface area contributed by atoms with E-state index >= 15 is 0 Å². The lowest BCUT2D eigenvalue weighted by Crippen LogP contribution is -2.04. The number of hydrogen-bond donors (Lipinski definition) is 1. The summed E-state index contributed by atoms with van der Waals surface area (Å²) in [4.78, 5) is 14.7. The van der Waals surface area contributed by atoms with Gasteiger partial charge in [0.15, 0.2) is 0 Å². The van der Waals surface area contributed by atoms with Gasteiger partial charge in [0.2, 0.25) is 0 Å². The number of carboxylic acid groups (broad SMARTS) is 1. The molecule has 1 aromatic carbocycles. The van der Waals surface area contributed by atoms with E-state index in [2.05, 4.69) is 4.98 Å². The average Bonchev–Trinajstić information content (AvgIpc) is 2.35. The third-order valence-electron chi connectivity index (χ3n) is 2.25. The lowest BCUT2D eigenvalue weighted by atomic mass is 10.3. The van der Waals surface area contributed by atoms with Crippen molar-refractivity contribution in [2.24, 2.45) is 0 Å². The van der Waals surface area contributed by atoms with Crippen LogP contribution in [0.3, 0.4) is 0 Å². The predicted molar refractivity (Wildman–Crippen MR) is 72.0 cm³/mol. The van der Waals surface area contributed by atoms with Crippen LogP contribution in [0.1, 0.15) is 16.2 Å². The minimum Gasteiger partial charge on any atom is -0.487 e. The van der Waals surface area contributed by atoms with Crippen molar-refractivity contribution in [1.82, 2.24) is 4.98 Å². The van der Waals surface area contributed by atoms with Crippen molar-refractivity contribution in [3.63, 3.8) is 0 Å². The Morgan fingerprint density at radius 3 is 2.53 bits per heavy atom. The predicted octanol–water partition coefficient (Wildman–Crippen LogP) is 3.67. The van der Waals surface area contributed by atoms with Gasteiger partial charge in [-0.05, 0) is 30.3 Å². The van der Waals surface area contributed by atoms with Crippen molar-refractivity contribution < 1.29 is 14.6 Å². The van der Waals surface area contributed by atoms with Crippen LogP contribution in [-0.2, 0) is 6.61 Å². The molecule has 1 N–H and O–H groups in total. The zero-order valence-electron chi connectivity index (χ0n) is 9.64. The first-order valence-corrected chi connectivity index (χ1v) is 6.08. The van der Waals surface area contributed by atoms with E-state index in [9.17, 15) is 4.79 Å². The number of hydrogen-bond acceptors (Lipinski definition) is 3. The number of carboxylic acids is 1. The molecule has 2 aromatic rings. The van der Waals surface area contributed by atoms with Crippen LogP contribution in [0.5, 0.6) is 5.75 Å². The lowest BCUT2D eigenvalue weighted by molar-refractivity contribution is 0.0690. The summed E-state index contributed by atoms with van der Waals surface area (Å²) in [6.45, 7) is 0.137. The summed E-state index contributed by atoms with van der Waals surface area (Å²) in [6.07, 6.45) is 0. The van der Waals surface area contributed by atoms with Crippen molar-refractivity contribution in [1.29, 1.82) is 0 Å². The molecule has 0 spiro atoms. The van der Waals surface area contributed by atoms with Gasteiger partial charge >= 0.3 is 5.97 Å². The number of pyridine rings is 1. The normalized spacial score (nSPS) is 10.2. The molecule has 0 saturated carbocycles. The molecule has 0 aliphatic rings. The third-order valence-corrected chi connectivity index (χ3v) is 2.69. The Bertz CT molecular complexity index is 596. The van der Waals surface area contributed by atoms with Gasteiger partial charge in [-0.1, -0.05) is 29.3 Å². The maximum absolute atomic E-state index is 10.8. The molecule has 0 fully saturated rings. The van der Waals surface area contributed by atoms with E-state index in [4.69, 9.17) is 33.0 Å². The first-order valence-electron chi connectivity index (χ1n) is 5.33. The zero-order chi connectivity index (χ0) is 13.8. The Morgan fingerprint density at radius 2 is 1.89 bits per heavy atom.